The van der Waals surface area contributed by atoms with Crippen molar-refractivity contribution in [1.29, 1.82) is 0 Å². The fourth-order valence-corrected chi connectivity index (χ4v) is 3.86. The van der Waals surface area contributed by atoms with E-state index >= 15 is 0 Å². The van der Waals surface area contributed by atoms with Gasteiger partial charge in [-0.05, 0) is 44.8 Å². The smallest absolute Gasteiger partial charge is 0.276 e. The summed E-state index contributed by atoms with van der Waals surface area (Å²) in [5.41, 5.74) is 0.351. The van der Waals surface area contributed by atoms with Crippen LogP contribution in [0.2, 0.25) is 0 Å². The summed E-state index contributed by atoms with van der Waals surface area (Å²) >= 11 is 0. The van der Waals surface area contributed by atoms with Crippen LogP contribution < -0.4 is 0 Å². The van der Waals surface area contributed by atoms with E-state index in [2.05, 4.69) is 32.3 Å². The fourth-order valence-electron chi connectivity index (χ4n) is 3.86. The molecule has 2 N–H and O–H groups in total. The fraction of sp³-hybridized carbons (Fsp3) is 0.812. The first-order chi connectivity index (χ1) is 11.7. The molecule has 0 spiro atoms. The first-order valence-corrected chi connectivity index (χ1v) is 8.82. The Kier molecular flexibility index (Phi) is 5.80. The van der Waals surface area contributed by atoms with Crippen molar-refractivity contribution in [3.63, 3.8) is 0 Å². The molecule has 134 valence electrons. The number of H-pyrrole nitrogens is 1. The molecule has 0 aliphatic carbocycles. The number of aliphatic hydroxyl groups is 1. The summed E-state index contributed by atoms with van der Waals surface area (Å²) in [5, 5.41) is 19.7. The van der Waals surface area contributed by atoms with Crippen LogP contribution in [0.1, 0.15) is 23.3 Å². The predicted octanol–water partition coefficient (Wildman–Crippen LogP) is -0.487. The molecule has 3 rings (SSSR count). The van der Waals surface area contributed by atoms with Crippen molar-refractivity contribution in [2.24, 2.45) is 11.8 Å². The maximum absolute atomic E-state index is 12.6. The highest BCUT2D eigenvalue weighted by molar-refractivity contribution is 5.91. The van der Waals surface area contributed by atoms with Crippen LogP contribution >= 0.6 is 0 Å². The van der Waals surface area contributed by atoms with Crippen LogP contribution in [0.5, 0.6) is 0 Å². The average molecular weight is 336 g/mol. The molecule has 2 fully saturated rings. The minimum atomic E-state index is -0.0949. The van der Waals surface area contributed by atoms with Crippen LogP contribution in [-0.4, -0.2) is 101 Å². The van der Waals surface area contributed by atoms with Gasteiger partial charge in [-0.2, -0.15) is 15.4 Å². The molecule has 0 radical (unpaired) electrons. The number of amides is 1. The molecule has 2 aliphatic heterocycles. The number of hydrogen-bond donors (Lipinski definition) is 2. The number of hydrogen-bond acceptors (Lipinski definition) is 6. The van der Waals surface area contributed by atoms with E-state index in [-0.39, 0.29) is 18.4 Å². The van der Waals surface area contributed by atoms with Crippen molar-refractivity contribution in [2.45, 2.75) is 12.8 Å². The van der Waals surface area contributed by atoms with Gasteiger partial charge in [0, 0.05) is 39.3 Å². The molecule has 8 heteroatoms. The molecule has 2 atom stereocenters. The lowest BCUT2D eigenvalue weighted by Gasteiger charge is -2.38. The van der Waals surface area contributed by atoms with Crippen LogP contribution in [-0.2, 0) is 0 Å². The number of carbonyl (C=O) groups excluding carboxylic acids is 1. The standard InChI is InChI=1S/C16H28N6O2/c1-20-3-2-4-21(6-5-20)9-13-7-14(12-23)11-22(10-13)16(24)15-8-17-19-18-15/h8,13-14,23H,2-7,9-12H2,1H3,(H,17,18,19)/t13-,14+/m1/s1. The van der Waals surface area contributed by atoms with Gasteiger partial charge in [0.05, 0.1) is 6.20 Å². The maximum atomic E-state index is 12.6. The molecular weight excluding hydrogens is 308 g/mol. The number of aromatic nitrogens is 3. The quantitative estimate of drug-likeness (QED) is 0.772. The summed E-state index contributed by atoms with van der Waals surface area (Å²) < 4.78 is 0. The summed E-state index contributed by atoms with van der Waals surface area (Å²) in [7, 11) is 2.17. The molecular formula is C16H28N6O2. The van der Waals surface area contributed by atoms with Crippen molar-refractivity contribution in [3.05, 3.63) is 11.9 Å². The molecule has 0 unspecified atom stereocenters. The van der Waals surface area contributed by atoms with E-state index < -0.39 is 0 Å². The Bertz CT molecular complexity index is 523. The zero-order valence-electron chi connectivity index (χ0n) is 14.4. The Morgan fingerprint density at radius 1 is 1.29 bits per heavy atom. The van der Waals surface area contributed by atoms with Gasteiger partial charge in [-0.15, -0.1) is 0 Å². The molecule has 3 heterocycles. The van der Waals surface area contributed by atoms with Crippen molar-refractivity contribution in [2.75, 3.05) is 59.5 Å². The van der Waals surface area contributed by atoms with Crippen LogP contribution in [0.4, 0.5) is 0 Å². The monoisotopic (exact) mass is 336 g/mol. The van der Waals surface area contributed by atoms with Gasteiger partial charge in [0.1, 0.15) is 0 Å². The van der Waals surface area contributed by atoms with E-state index in [1.807, 2.05) is 4.90 Å². The van der Waals surface area contributed by atoms with Gasteiger partial charge in [0.25, 0.3) is 5.91 Å². The second-order valence-electron chi connectivity index (χ2n) is 7.17. The van der Waals surface area contributed by atoms with Crippen molar-refractivity contribution in [1.82, 2.24) is 30.1 Å². The van der Waals surface area contributed by atoms with E-state index in [9.17, 15) is 9.90 Å². The van der Waals surface area contributed by atoms with Crippen molar-refractivity contribution in [3.8, 4) is 0 Å². The lowest BCUT2D eigenvalue weighted by atomic mass is 9.89. The van der Waals surface area contributed by atoms with Crippen LogP contribution in [0, 0.1) is 11.8 Å². The Labute approximate surface area is 142 Å². The number of aliphatic hydroxyl groups excluding tert-OH is 1. The second-order valence-corrected chi connectivity index (χ2v) is 7.17. The van der Waals surface area contributed by atoms with E-state index in [0.717, 1.165) is 45.7 Å². The van der Waals surface area contributed by atoms with Gasteiger partial charge < -0.3 is 19.8 Å². The number of piperidine rings is 1. The highest BCUT2D eigenvalue weighted by atomic mass is 16.3. The third kappa shape index (κ3) is 4.31. The molecule has 1 amide bonds. The molecule has 1 aromatic rings. The highest BCUT2D eigenvalue weighted by Gasteiger charge is 2.32. The minimum Gasteiger partial charge on any atom is -0.396 e. The third-order valence-electron chi connectivity index (χ3n) is 5.13. The van der Waals surface area contributed by atoms with Crippen LogP contribution in [0.3, 0.4) is 0 Å². The summed E-state index contributed by atoms with van der Waals surface area (Å²) in [6.45, 7) is 6.88. The van der Waals surface area contributed by atoms with Gasteiger partial charge in [-0.25, -0.2) is 0 Å². The maximum Gasteiger partial charge on any atom is 0.276 e. The van der Waals surface area contributed by atoms with Crippen molar-refractivity contribution >= 4 is 5.91 Å². The summed E-state index contributed by atoms with van der Waals surface area (Å²) in [4.78, 5) is 19.3. The van der Waals surface area contributed by atoms with Gasteiger partial charge in [0.15, 0.2) is 5.69 Å². The number of nitrogens with zero attached hydrogens (tertiary/aromatic N) is 5. The zero-order chi connectivity index (χ0) is 16.9. The molecule has 2 aliphatic rings. The lowest BCUT2D eigenvalue weighted by Crippen LogP contribution is -2.48. The van der Waals surface area contributed by atoms with Crippen LogP contribution in [0.25, 0.3) is 0 Å². The predicted molar refractivity (Wildman–Crippen MR) is 89.5 cm³/mol. The van der Waals surface area contributed by atoms with E-state index in [1.54, 1.807) is 0 Å². The topological polar surface area (TPSA) is 88.6 Å². The van der Waals surface area contributed by atoms with Gasteiger partial charge >= 0.3 is 0 Å². The van der Waals surface area contributed by atoms with Crippen molar-refractivity contribution < 1.29 is 9.90 Å². The Morgan fingerprint density at radius 3 is 2.88 bits per heavy atom. The Hall–Kier alpha value is -1.51. The molecule has 0 aromatic carbocycles. The molecule has 0 saturated carbocycles. The largest absolute Gasteiger partial charge is 0.396 e. The number of nitrogens with one attached hydrogen (secondary N) is 1. The molecule has 0 bridgehead atoms. The molecule has 8 nitrogen and oxygen atoms in total. The second kappa shape index (κ2) is 8.04. The number of likely N-dealkylation sites (tertiary alicyclic amines) is 1. The normalized spacial score (nSPS) is 27.2. The number of likely N-dealkylation sites (N-methyl/N-ethyl adjacent to an activating group) is 1. The van der Waals surface area contributed by atoms with E-state index in [1.165, 1.54) is 12.6 Å². The molecule has 24 heavy (non-hydrogen) atoms. The Balaban J connectivity index is 1.61. The molecule has 2 saturated heterocycles. The van der Waals surface area contributed by atoms with Crippen LogP contribution in [0.15, 0.2) is 6.20 Å². The van der Waals surface area contributed by atoms with E-state index in [0.29, 0.717) is 18.2 Å². The highest BCUT2D eigenvalue weighted by Crippen LogP contribution is 2.24. The first-order valence-electron chi connectivity index (χ1n) is 8.82. The summed E-state index contributed by atoms with van der Waals surface area (Å²) in [6, 6.07) is 0. The minimum absolute atomic E-state index is 0.0949. The Morgan fingerprint density at radius 2 is 2.12 bits per heavy atom. The molecule has 1 aromatic heterocycles. The SMILES string of the molecule is CN1CCCN(C[C@H]2C[C@H](CO)CN(C(=O)c3cn[nH]n3)C2)CC1. The van der Waals surface area contributed by atoms with Gasteiger partial charge in [0.2, 0.25) is 0 Å². The average Bonchev–Trinajstić information content (AvgIpc) is 3.05. The lowest BCUT2D eigenvalue weighted by molar-refractivity contribution is 0.0449. The van der Waals surface area contributed by atoms with E-state index in [4.69, 9.17) is 0 Å². The zero-order valence-corrected chi connectivity index (χ0v) is 14.4. The first kappa shape index (κ1) is 17.3. The van der Waals surface area contributed by atoms with Gasteiger partial charge in [-0.1, -0.05) is 0 Å². The summed E-state index contributed by atoms with van der Waals surface area (Å²) in [6.07, 6.45) is 3.63. The number of rotatable bonds is 4. The number of aromatic amines is 1. The number of carbonyl (C=O) groups is 1. The third-order valence-corrected chi connectivity index (χ3v) is 5.13. The summed E-state index contributed by atoms with van der Waals surface area (Å²) in [5.74, 6) is 0.451. The van der Waals surface area contributed by atoms with Gasteiger partial charge in [-0.3, -0.25) is 4.79 Å².